The number of ether oxygens (including phenoxy) is 3. The molecule has 1 aliphatic heterocycles. The van der Waals surface area contributed by atoms with Crippen LogP contribution in [0.1, 0.15) is 23.2 Å². The molecule has 2 rings (SSSR count). The van der Waals surface area contributed by atoms with Crippen molar-refractivity contribution in [1.29, 1.82) is 0 Å². The van der Waals surface area contributed by atoms with Crippen molar-refractivity contribution in [2.75, 3.05) is 21.3 Å². The van der Waals surface area contributed by atoms with Crippen molar-refractivity contribution in [1.82, 2.24) is 5.32 Å². The van der Waals surface area contributed by atoms with Gasteiger partial charge in [0, 0.05) is 0 Å². The van der Waals surface area contributed by atoms with Crippen LogP contribution in [0.25, 0.3) is 0 Å². The van der Waals surface area contributed by atoms with Crippen LogP contribution in [0.15, 0.2) is 12.1 Å². The summed E-state index contributed by atoms with van der Waals surface area (Å²) in [6.07, 6.45) is 0. The summed E-state index contributed by atoms with van der Waals surface area (Å²) >= 11 is 0. The molecule has 0 spiro atoms. The summed E-state index contributed by atoms with van der Waals surface area (Å²) < 4.78 is 15.1. The van der Waals surface area contributed by atoms with Gasteiger partial charge in [0.25, 0.3) is 0 Å². The van der Waals surface area contributed by atoms with E-state index in [0.717, 1.165) is 0 Å². The number of amides is 1. The number of fused-ring (bicyclic) bond motifs is 1. The fourth-order valence-corrected chi connectivity index (χ4v) is 2.18. The highest BCUT2D eigenvalue weighted by atomic mass is 16.5. The number of benzene rings is 1. The first-order valence-electron chi connectivity index (χ1n) is 5.93. The van der Waals surface area contributed by atoms with Gasteiger partial charge in [0.2, 0.25) is 5.91 Å². The molecule has 0 saturated carbocycles. The third-order valence-corrected chi connectivity index (χ3v) is 3.24. The Morgan fingerprint density at radius 2 is 1.70 bits per heavy atom. The third kappa shape index (κ3) is 2.16. The lowest BCUT2D eigenvalue weighted by atomic mass is 9.90. The quantitative estimate of drug-likeness (QED) is 0.759. The highest BCUT2D eigenvalue weighted by Crippen LogP contribution is 2.38. The number of nitrogens with two attached hydrogens (primary N) is 1. The number of rotatable bonds is 3. The van der Waals surface area contributed by atoms with Gasteiger partial charge in [0.1, 0.15) is 6.04 Å². The van der Waals surface area contributed by atoms with E-state index in [1.807, 2.05) is 0 Å². The highest BCUT2D eigenvalue weighted by Gasteiger charge is 2.36. The summed E-state index contributed by atoms with van der Waals surface area (Å²) in [5.41, 5.74) is 6.91. The van der Waals surface area contributed by atoms with E-state index in [0.29, 0.717) is 22.6 Å². The van der Waals surface area contributed by atoms with Crippen LogP contribution >= 0.6 is 0 Å². The molecule has 1 aliphatic rings. The van der Waals surface area contributed by atoms with Gasteiger partial charge < -0.3 is 25.3 Å². The lowest BCUT2D eigenvalue weighted by Gasteiger charge is -2.29. The number of methoxy groups -OCH3 is 3. The predicted molar refractivity (Wildman–Crippen MR) is 69.4 cm³/mol. The summed E-state index contributed by atoms with van der Waals surface area (Å²) in [4.78, 5) is 23.6. The normalized spacial score (nSPS) is 20.7. The van der Waals surface area contributed by atoms with Gasteiger partial charge >= 0.3 is 5.97 Å². The van der Waals surface area contributed by atoms with E-state index in [1.165, 1.54) is 21.3 Å². The van der Waals surface area contributed by atoms with Gasteiger partial charge in [0.05, 0.1) is 21.3 Å². The Morgan fingerprint density at radius 1 is 1.15 bits per heavy atom. The molecule has 3 N–H and O–H groups in total. The lowest BCUT2D eigenvalue weighted by molar-refractivity contribution is -0.146. The van der Waals surface area contributed by atoms with Crippen molar-refractivity contribution in [3.05, 3.63) is 23.3 Å². The SMILES string of the molecule is COC(=O)C1NC(=O)C(N)c2cc(OC)c(OC)cc21. The van der Waals surface area contributed by atoms with Crippen LogP contribution in [0.4, 0.5) is 0 Å². The molecule has 1 heterocycles. The van der Waals surface area contributed by atoms with Crippen molar-refractivity contribution in [2.24, 2.45) is 5.73 Å². The zero-order chi connectivity index (χ0) is 14.9. The number of esters is 1. The molecule has 1 aromatic carbocycles. The molecule has 0 radical (unpaired) electrons. The second kappa shape index (κ2) is 5.38. The second-order valence-corrected chi connectivity index (χ2v) is 4.28. The van der Waals surface area contributed by atoms with E-state index in [-0.39, 0.29) is 0 Å². The molecule has 20 heavy (non-hydrogen) atoms. The van der Waals surface area contributed by atoms with Crippen LogP contribution in [0.3, 0.4) is 0 Å². The van der Waals surface area contributed by atoms with Gasteiger partial charge in [-0.1, -0.05) is 0 Å². The van der Waals surface area contributed by atoms with Crippen LogP contribution in [0, 0.1) is 0 Å². The van der Waals surface area contributed by atoms with Crippen molar-refractivity contribution >= 4 is 11.9 Å². The van der Waals surface area contributed by atoms with Crippen LogP contribution < -0.4 is 20.5 Å². The predicted octanol–water partition coefficient (Wildman–Crippen LogP) is 0.0475. The Labute approximate surface area is 116 Å². The number of hydrogen-bond donors (Lipinski definition) is 2. The van der Waals surface area contributed by atoms with E-state index in [4.69, 9.17) is 19.9 Å². The average molecular weight is 280 g/mol. The fourth-order valence-electron chi connectivity index (χ4n) is 2.18. The average Bonchev–Trinajstić information content (AvgIpc) is 2.48. The monoisotopic (exact) mass is 280 g/mol. The minimum atomic E-state index is -0.901. The smallest absolute Gasteiger partial charge is 0.333 e. The lowest BCUT2D eigenvalue weighted by Crippen LogP contribution is -2.45. The molecule has 1 aromatic rings. The van der Waals surface area contributed by atoms with E-state index in [1.54, 1.807) is 12.1 Å². The minimum Gasteiger partial charge on any atom is -0.493 e. The van der Waals surface area contributed by atoms with Crippen LogP contribution in [0.5, 0.6) is 11.5 Å². The van der Waals surface area contributed by atoms with Crippen molar-refractivity contribution in [3.8, 4) is 11.5 Å². The standard InChI is InChI=1S/C13H16N2O5/c1-18-8-4-6-7(5-9(8)19-2)11(13(17)20-3)15-12(16)10(6)14/h4-5,10-11H,14H2,1-3H3,(H,15,16). The zero-order valence-corrected chi connectivity index (χ0v) is 11.4. The number of hydrogen-bond acceptors (Lipinski definition) is 6. The summed E-state index contributed by atoms with van der Waals surface area (Å²) in [7, 11) is 4.22. The molecule has 0 aromatic heterocycles. The first-order valence-corrected chi connectivity index (χ1v) is 5.93. The Balaban J connectivity index is 2.61. The highest BCUT2D eigenvalue weighted by molar-refractivity contribution is 5.92. The Morgan fingerprint density at radius 3 is 2.20 bits per heavy atom. The third-order valence-electron chi connectivity index (χ3n) is 3.24. The van der Waals surface area contributed by atoms with Gasteiger partial charge in [-0.05, 0) is 23.3 Å². The van der Waals surface area contributed by atoms with Crippen molar-refractivity contribution in [3.63, 3.8) is 0 Å². The Kier molecular flexibility index (Phi) is 3.80. The molecular weight excluding hydrogens is 264 g/mol. The molecule has 108 valence electrons. The molecule has 0 fully saturated rings. The Hall–Kier alpha value is -2.28. The van der Waals surface area contributed by atoms with E-state index < -0.39 is 24.0 Å². The van der Waals surface area contributed by atoms with E-state index >= 15 is 0 Å². The molecule has 0 saturated heterocycles. The maximum atomic E-state index is 11.8. The van der Waals surface area contributed by atoms with Gasteiger partial charge in [0.15, 0.2) is 17.5 Å². The summed E-state index contributed by atoms with van der Waals surface area (Å²) in [6.45, 7) is 0. The minimum absolute atomic E-state index is 0.444. The van der Waals surface area contributed by atoms with Crippen molar-refractivity contribution in [2.45, 2.75) is 12.1 Å². The number of carbonyl (C=O) groups is 2. The molecule has 2 unspecified atom stereocenters. The summed E-state index contributed by atoms with van der Waals surface area (Å²) in [5, 5.41) is 2.53. The molecule has 7 nitrogen and oxygen atoms in total. The molecule has 2 atom stereocenters. The largest absolute Gasteiger partial charge is 0.493 e. The molecule has 1 amide bonds. The number of nitrogens with one attached hydrogen (secondary N) is 1. The summed E-state index contributed by atoms with van der Waals surface area (Å²) in [6, 6.07) is 1.45. The van der Waals surface area contributed by atoms with Gasteiger partial charge in [-0.25, -0.2) is 4.79 Å². The van der Waals surface area contributed by atoms with Gasteiger partial charge in [-0.15, -0.1) is 0 Å². The molecular formula is C13H16N2O5. The van der Waals surface area contributed by atoms with Crippen LogP contribution in [-0.2, 0) is 14.3 Å². The summed E-state index contributed by atoms with van der Waals surface area (Å²) in [5.74, 6) is -0.123. The maximum absolute atomic E-state index is 11.8. The first kappa shape index (κ1) is 14.1. The zero-order valence-electron chi connectivity index (χ0n) is 11.4. The van der Waals surface area contributed by atoms with E-state index in [9.17, 15) is 9.59 Å². The van der Waals surface area contributed by atoms with Gasteiger partial charge in [-0.2, -0.15) is 0 Å². The van der Waals surface area contributed by atoms with Crippen molar-refractivity contribution < 1.29 is 23.8 Å². The maximum Gasteiger partial charge on any atom is 0.333 e. The molecule has 0 aliphatic carbocycles. The fraction of sp³-hybridized carbons (Fsp3) is 0.385. The second-order valence-electron chi connectivity index (χ2n) is 4.28. The van der Waals surface area contributed by atoms with Crippen LogP contribution in [-0.4, -0.2) is 33.2 Å². The topological polar surface area (TPSA) is 99.9 Å². The Bertz CT molecular complexity index is 558. The van der Waals surface area contributed by atoms with Gasteiger partial charge in [-0.3, -0.25) is 4.79 Å². The first-order chi connectivity index (χ1) is 9.53. The molecule has 7 heteroatoms. The van der Waals surface area contributed by atoms with E-state index in [2.05, 4.69) is 5.32 Å². The van der Waals surface area contributed by atoms with Crippen LogP contribution in [0.2, 0.25) is 0 Å². The molecule has 0 bridgehead atoms. The number of carbonyl (C=O) groups excluding carboxylic acids is 2.